The van der Waals surface area contributed by atoms with E-state index in [0.29, 0.717) is 0 Å². The highest BCUT2D eigenvalue weighted by Gasteiger charge is 2.04. The van der Waals surface area contributed by atoms with Crippen molar-refractivity contribution in [2.45, 2.75) is 20.3 Å². The lowest BCUT2D eigenvalue weighted by Crippen LogP contribution is -2.18. The van der Waals surface area contributed by atoms with Crippen molar-refractivity contribution in [3.8, 4) is 0 Å². The van der Waals surface area contributed by atoms with Crippen LogP contribution in [0.5, 0.6) is 0 Å². The summed E-state index contributed by atoms with van der Waals surface area (Å²) in [6.45, 7) is 4.00. The molecule has 1 rings (SSSR count). The number of carbonyl (C=O) groups excluding carboxylic acids is 1. The van der Waals surface area contributed by atoms with Crippen molar-refractivity contribution in [2.75, 3.05) is 7.05 Å². The molecule has 0 fully saturated rings. The first-order chi connectivity index (χ1) is 6.17. The van der Waals surface area contributed by atoms with E-state index in [1.165, 1.54) is 0 Å². The molecule has 0 saturated heterocycles. The molecule has 69 valence electrons. The van der Waals surface area contributed by atoms with Gasteiger partial charge in [-0.25, -0.2) is 0 Å². The summed E-state index contributed by atoms with van der Waals surface area (Å²) in [6.07, 6.45) is 0.908. The molecule has 0 aliphatic rings. The van der Waals surface area contributed by atoms with Crippen molar-refractivity contribution in [1.29, 1.82) is 0 Å². The molecule has 0 spiro atoms. The second kappa shape index (κ2) is 4.08. The first-order valence-corrected chi connectivity index (χ1v) is 4.42. The average molecular weight is 176 g/mol. The summed E-state index contributed by atoms with van der Waals surface area (Å²) in [5.41, 5.74) is 2.81. The zero-order valence-corrected chi connectivity index (χ0v) is 8.27. The maximum Gasteiger partial charge on any atom is 0.251 e. The molecule has 13 heavy (non-hydrogen) atoms. The summed E-state index contributed by atoms with van der Waals surface area (Å²) in [5.74, 6) is -0.0354. The summed E-state index contributed by atoms with van der Waals surface area (Å²) >= 11 is 0. The molecule has 0 saturated carbocycles. The fraction of sp³-hybridized carbons (Fsp3) is 0.364. The third-order valence-corrected chi connectivity index (χ3v) is 1.93. The maximum absolute atomic E-state index is 11.3. The third kappa shape index (κ3) is 2.31. The van der Waals surface area contributed by atoms with Gasteiger partial charge < -0.3 is 5.32 Å². The third-order valence-electron chi connectivity index (χ3n) is 1.93. The normalized spacial score (nSPS) is 9.77. The van der Waals surface area contributed by atoms with Gasteiger partial charge in [0.15, 0.2) is 0 Å². The van der Waals surface area contributed by atoms with Crippen molar-refractivity contribution in [2.24, 2.45) is 0 Å². The average Bonchev–Trinajstić information content (AvgIpc) is 2.15. The quantitative estimate of drug-likeness (QED) is 0.730. The zero-order chi connectivity index (χ0) is 9.84. The van der Waals surface area contributed by atoms with E-state index in [-0.39, 0.29) is 5.91 Å². The monoisotopic (exact) mass is 176 g/mol. The molecule has 1 radical (unpaired) electrons. The molecular weight excluding hydrogens is 162 g/mol. The Morgan fingerprint density at radius 2 is 2.23 bits per heavy atom. The van der Waals surface area contributed by atoms with E-state index in [1.807, 2.05) is 19.1 Å². The molecule has 0 unspecified atom stereocenters. The van der Waals surface area contributed by atoms with Crippen LogP contribution in [0.2, 0.25) is 0 Å². The number of aryl methyl sites for hydroxylation is 2. The number of carbonyl (C=O) groups is 1. The summed E-state index contributed by atoms with van der Waals surface area (Å²) in [6, 6.07) is 6.92. The van der Waals surface area contributed by atoms with Gasteiger partial charge in [-0.05, 0) is 42.7 Å². The minimum Gasteiger partial charge on any atom is -0.355 e. The fourth-order valence-corrected chi connectivity index (χ4v) is 1.25. The van der Waals surface area contributed by atoms with E-state index in [1.54, 1.807) is 7.05 Å². The Labute approximate surface area is 79.0 Å². The van der Waals surface area contributed by atoms with E-state index in [4.69, 9.17) is 0 Å². The van der Waals surface area contributed by atoms with Crippen molar-refractivity contribution in [1.82, 2.24) is 5.32 Å². The van der Waals surface area contributed by atoms with Gasteiger partial charge in [0, 0.05) is 12.6 Å². The zero-order valence-electron chi connectivity index (χ0n) is 8.27. The van der Waals surface area contributed by atoms with Crippen LogP contribution < -0.4 is 5.32 Å². The van der Waals surface area contributed by atoms with E-state index in [9.17, 15) is 4.79 Å². The van der Waals surface area contributed by atoms with E-state index in [2.05, 4.69) is 18.3 Å². The lowest BCUT2D eigenvalue weighted by Gasteiger charge is -2.03. The highest BCUT2D eigenvalue weighted by Crippen LogP contribution is 2.09. The molecule has 0 bridgehead atoms. The minimum atomic E-state index is -0.0354. The van der Waals surface area contributed by atoms with Gasteiger partial charge in [-0.15, -0.1) is 0 Å². The van der Waals surface area contributed by atoms with Crippen molar-refractivity contribution in [3.05, 3.63) is 34.9 Å². The molecule has 1 aromatic carbocycles. The Hall–Kier alpha value is -1.31. The van der Waals surface area contributed by atoms with Gasteiger partial charge in [0.05, 0.1) is 0 Å². The van der Waals surface area contributed by atoms with Gasteiger partial charge in [-0.1, -0.05) is 6.92 Å². The smallest absolute Gasteiger partial charge is 0.251 e. The Bertz CT molecular complexity index is 318. The van der Waals surface area contributed by atoms with Gasteiger partial charge in [0.1, 0.15) is 0 Å². The summed E-state index contributed by atoms with van der Waals surface area (Å²) < 4.78 is 0. The highest BCUT2D eigenvalue weighted by molar-refractivity contribution is 5.94. The highest BCUT2D eigenvalue weighted by atomic mass is 16.1. The van der Waals surface area contributed by atoms with Gasteiger partial charge in [0.25, 0.3) is 5.91 Å². The number of amides is 1. The van der Waals surface area contributed by atoms with E-state index in [0.717, 1.165) is 23.1 Å². The Morgan fingerprint density at radius 1 is 1.54 bits per heavy atom. The van der Waals surface area contributed by atoms with Gasteiger partial charge >= 0.3 is 0 Å². The topological polar surface area (TPSA) is 29.1 Å². The lowest BCUT2D eigenvalue weighted by atomic mass is 10.0. The lowest BCUT2D eigenvalue weighted by molar-refractivity contribution is 0.0963. The van der Waals surface area contributed by atoms with Gasteiger partial charge in [-0.2, -0.15) is 0 Å². The summed E-state index contributed by atoms with van der Waals surface area (Å²) in [7, 11) is 1.64. The van der Waals surface area contributed by atoms with Crippen LogP contribution in [0.1, 0.15) is 28.4 Å². The second-order valence-electron chi connectivity index (χ2n) is 3.01. The largest absolute Gasteiger partial charge is 0.355 e. The number of benzene rings is 1. The molecule has 0 heterocycles. The molecule has 0 aliphatic carbocycles. The van der Waals surface area contributed by atoms with Crippen LogP contribution in [-0.2, 0) is 6.42 Å². The van der Waals surface area contributed by atoms with Crippen LogP contribution in [-0.4, -0.2) is 13.0 Å². The Balaban J connectivity index is 3.08. The summed E-state index contributed by atoms with van der Waals surface area (Å²) in [5, 5.41) is 2.61. The Morgan fingerprint density at radius 3 is 2.77 bits per heavy atom. The number of rotatable bonds is 2. The van der Waals surface area contributed by atoms with Crippen LogP contribution >= 0.6 is 0 Å². The molecule has 2 nitrogen and oxygen atoms in total. The first-order valence-electron chi connectivity index (χ1n) is 4.42. The maximum atomic E-state index is 11.3. The van der Waals surface area contributed by atoms with Gasteiger partial charge in [0.2, 0.25) is 0 Å². The first kappa shape index (κ1) is 9.78. The van der Waals surface area contributed by atoms with Crippen LogP contribution in [0.3, 0.4) is 0 Å². The molecule has 0 aromatic heterocycles. The molecule has 2 heteroatoms. The standard InChI is InChI=1S/C11H14NO/c1-4-9-5-8(2)6-10(7-9)11(13)12-3/h6-7H,4H2,1-3H3,(H,12,13). The Kier molecular flexibility index (Phi) is 3.07. The SMILES string of the molecule is CCc1[c]c(C)cc(C(=O)NC)c1. The number of hydrogen-bond donors (Lipinski definition) is 1. The minimum absolute atomic E-state index is 0.0354. The molecule has 1 aromatic rings. The van der Waals surface area contributed by atoms with E-state index >= 15 is 0 Å². The van der Waals surface area contributed by atoms with Crippen LogP contribution in [0.25, 0.3) is 0 Å². The van der Waals surface area contributed by atoms with Crippen LogP contribution in [0.15, 0.2) is 12.1 Å². The van der Waals surface area contributed by atoms with Crippen molar-refractivity contribution < 1.29 is 4.79 Å². The molecule has 1 amide bonds. The number of hydrogen-bond acceptors (Lipinski definition) is 1. The van der Waals surface area contributed by atoms with Crippen molar-refractivity contribution >= 4 is 5.91 Å². The molecule has 1 N–H and O–H groups in total. The van der Waals surface area contributed by atoms with Crippen molar-refractivity contribution in [3.63, 3.8) is 0 Å². The predicted molar refractivity (Wildman–Crippen MR) is 52.8 cm³/mol. The van der Waals surface area contributed by atoms with Crippen LogP contribution in [0, 0.1) is 13.0 Å². The fourth-order valence-electron chi connectivity index (χ4n) is 1.25. The molecule has 0 atom stereocenters. The second-order valence-corrected chi connectivity index (χ2v) is 3.01. The summed E-state index contributed by atoms with van der Waals surface area (Å²) in [4.78, 5) is 11.3. The molecular formula is C11H14NO. The number of nitrogens with one attached hydrogen (secondary N) is 1. The van der Waals surface area contributed by atoms with Gasteiger partial charge in [-0.3, -0.25) is 4.79 Å². The molecule has 0 aliphatic heterocycles. The van der Waals surface area contributed by atoms with E-state index < -0.39 is 0 Å². The van der Waals surface area contributed by atoms with Crippen LogP contribution in [0.4, 0.5) is 0 Å². The predicted octanol–water partition coefficient (Wildman–Crippen LogP) is 1.72.